The van der Waals surface area contributed by atoms with E-state index in [1.54, 1.807) is 6.92 Å². The predicted octanol–water partition coefficient (Wildman–Crippen LogP) is 1.33. The van der Waals surface area contributed by atoms with E-state index in [1.807, 2.05) is 6.92 Å². The van der Waals surface area contributed by atoms with Crippen LogP contribution >= 0.6 is 0 Å². The number of carbonyl (C=O) groups excluding carboxylic acids is 1. The fourth-order valence-electron chi connectivity index (χ4n) is 1.23. The molecule has 0 aliphatic rings. The van der Waals surface area contributed by atoms with Crippen molar-refractivity contribution in [2.75, 3.05) is 0 Å². The maximum absolute atomic E-state index is 11.3. The van der Waals surface area contributed by atoms with Crippen molar-refractivity contribution in [3.63, 3.8) is 0 Å². The van der Waals surface area contributed by atoms with Gasteiger partial charge in [-0.2, -0.15) is 0 Å². The molecule has 2 unspecified atom stereocenters. The minimum absolute atomic E-state index is 0.265. The van der Waals surface area contributed by atoms with Crippen LogP contribution in [0.2, 0.25) is 0 Å². The smallest absolute Gasteiger partial charge is 0.345 e. The zero-order valence-electron chi connectivity index (χ0n) is 9.81. The SMILES string of the molecule is CCCCC(O)C(=O)OC(CCC)C(=O)O. The van der Waals surface area contributed by atoms with Crippen molar-refractivity contribution in [1.82, 2.24) is 0 Å². The predicted molar refractivity (Wildman–Crippen MR) is 58.0 cm³/mol. The molecule has 0 saturated heterocycles. The lowest BCUT2D eigenvalue weighted by molar-refractivity contribution is -0.170. The summed E-state index contributed by atoms with van der Waals surface area (Å²) < 4.78 is 4.72. The first-order chi connectivity index (χ1) is 7.52. The van der Waals surface area contributed by atoms with Crippen LogP contribution in [0.1, 0.15) is 46.0 Å². The molecule has 0 spiro atoms. The van der Waals surface area contributed by atoms with Crippen molar-refractivity contribution < 1.29 is 24.5 Å². The van der Waals surface area contributed by atoms with Crippen molar-refractivity contribution in [3.8, 4) is 0 Å². The average molecular weight is 232 g/mol. The van der Waals surface area contributed by atoms with Gasteiger partial charge in [0.1, 0.15) is 0 Å². The monoisotopic (exact) mass is 232 g/mol. The molecule has 2 N–H and O–H groups in total. The Morgan fingerprint density at radius 3 is 2.25 bits per heavy atom. The number of esters is 1. The molecule has 5 heteroatoms. The summed E-state index contributed by atoms with van der Waals surface area (Å²) in [5.41, 5.74) is 0. The van der Waals surface area contributed by atoms with Gasteiger partial charge in [-0.25, -0.2) is 9.59 Å². The second-order valence-corrected chi connectivity index (χ2v) is 3.71. The quantitative estimate of drug-likeness (QED) is 0.617. The molecule has 0 fully saturated rings. The number of aliphatic carboxylic acids is 1. The van der Waals surface area contributed by atoms with Gasteiger partial charge in [-0.05, 0) is 12.8 Å². The molecule has 0 amide bonds. The molecule has 94 valence electrons. The fraction of sp³-hybridized carbons (Fsp3) is 0.818. The zero-order valence-corrected chi connectivity index (χ0v) is 9.81. The van der Waals surface area contributed by atoms with Crippen LogP contribution < -0.4 is 0 Å². The number of hydrogen-bond acceptors (Lipinski definition) is 4. The summed E-state index contributed by atoms with van der Waals surface area (Å²) >= 11 is 0. The topological polar surface area (TPSA) is 83.8 Å². The third-order valence-electron chi connectivity index (χ3n) is 2.19. The van der Waals surface area contributed by atoms with Gasteiger partial charge in [-0.15, -0.1) is 0 Å². The number of ether oxygens (including phenoxy) is 1. The highest BCUT2D eigenvalue weighted by molar-refractivity contribution is 5.80. The minimum atomic E-state index is -1.21. The van der Waals surface area contributed by atoms with Crippen LogP contribution in [0.25, 0.3) is 0 Å². The highest BCUT2D eigenvalue weighted by Crippen LogP contribution is 2.08. The van der Waals surface area contributed by atoms with Crippen molar-refractivity contribution in [2.45, 2.75) is 58.2 Å². The maximum Gasteiger partial charge on any atom is 0.345 e. The van der Waals surface area contributed by atoms with Gasteiger partial charge < -0.3 is 14.9 Å². The van der Waals surface area contributed by atoms with Crippen LogP contribution in [0.15, 0.2) is 0 Å². The van der Waals surface area contributed by atoms with Crippen LogP contribution in [-0.2, 0) is 14.3 Å². The lowest BCUT2D eigenvalue weighted by Crippen LogP contribution is -2.32. The van der Waals surface area contributed by atoms with E-state index in [9.17, 15) is 14.7 Å². The number of aliphatic hydroxyl groups excluding tert-OH is 1. The van der Waals surface area contributed by atoms with Gasteiger partial charge in [0.2, 0.25) is 0 Å². The lowest BCUT2D eigenvalue weighted by atomic mass is 10.1. The van der Waals surface area contributed by atoms with E-state index in [4.69, 9.17) is 9.84 Å². The number of hydrogen-bond donors (Lipinski definition) is 2. The Balaban J connectivity index is 4.12. The Kier molecular flexibility index (Phi) is 7.54. The van der Waals surface area contributed by atoms with E-state index in [0.717, 1.165) is 6.42 Å². The number of carboxylic acids is 1. The van der Waals surface area contributed by atoms with E-state index in [1.165, 1.54) is 0 Å². The number of unbranched alkanes of at least 4 members (excludes halogenated alkanes) is 1. The fourth-order valence-corrected chi connectivity index (χ4v) is 1.23. The lowest BCUT2D eigenvalue weighted by Gasteiger charge is -2.15. The number of carboxylic acid groups (broad SMARTS) is 1. The molecule has 0 aromatic heterocycles. The summed E-state index contributed by atoms with van der Waals surface area (Å²) in [6.45, 7) is 3.74. The van der Waals surface area contributed by atoms with Crippen LogP contribution in [0, 0.1) is 0 Å². The van der Waals surface area contributed by atoms with E-state index >= 15 is 0 Å². The largest absolute Gasteiger partial charge is 0.479 e. The second kappa shape index (κ2) is 8.10. The van der Waals surface area contributed by atoms with Gasteiger partial charge >= 0.3 is 11.9 Å². The molecule has 0 bridgehead atoms. The summed E-state index contributed by atoms with van der Waals surface area (Å²) in [6, 6.07) is 0. The van der Waals surface area contributed by atoms with Gasteiger partial charge in [0, 0.05) is 0 Å². The first kappa shape index (κ1) is 14.9. The molecular formula is C11H20O5. The number of aliphatic hydroxyl groups is 1. The maximum atomic E-state index is 11.3. The molecule has 0 saturated carbocycles. The molecule has 0 aliphatic heterocycles. The minimum Gasteiger partial charge on any atom is -0.479 e. The second-order valence-electron chi connectivity index (χ2n) is 3.71. The molecule has 16 heavy (non-hydrogen) atoms. The Morgan fingerprint density at radius 2 is 1.81 bits per heavy atom. The Bertz CT molecular complexity index is 226. The van der Waals surface area contributed by atoms with Crippen LogP contribution in [0.4, 0.5) is 0 Å². The highest BCUT2D eigenvalue weighted by atomic mass is 16.6. The summed E-state index contributed by atoms with van der Waals surface area (Å²) in [7, 11) is 0. The molecule has 0 aromatic carbocycles. The zero-order chi connectivity index (χ0) is 12.6. The summed E-state index contributed by atoms with van der Waals surface area (Å²) in [4.78, 5) is 22.0. The standard InChI is InChI=1S/C11H20O5/c1-3-5-7-8(12)11(15)16-9(6-4-2)10(13)14/h8-9,12H,3-7H2,1-2H3,(H,13,14). The Hall–Kier alpha value is -1.10. The molecule has 2 atom stereocenters. The summed E-state index contributed by atoms with van der Waals surface area (Å²) in [5, 5.41) is 18.1. The summed E-state index contributed by atoms with van der Waals surface area (Å²) in [6.07, 6.45) is 0.404. The van der Waals surface area contributed by atoms with Gasteiger partial charge in [0.25, 0.3) is 0 Å². The number of rotatable bonds is 8. The van der Waals surface area contributed by atoms with E-state index in [-0.39, 0.29) is 6.42 Å². The Labute approximate surface area is 95.4 Å². The van der Waals surface area contributed by atoms with Crippen molar-refractivity contribution in [1.29, 1.82) is 0 Å². The van der Waals surface area contributed by atoms with Crippen LogP contribution in [0.3, 0.4) is 0 Å². The van der Waals surface area contributed by atoms with E-state index in [2.05, 4.69) is 0 Å². The van der Waals surface area contributed by atoms with Crippen LogP contribution in [0.5, 0.6) is 0 Å². The molecular weight excluding hydrogens is 212 g/mol. The van der Waals surface area contributed by atoms with Crippen molar-refractivity contribution >= 4 is 11.9 Å². The first-order valence-electron chi connectivity index (χ1n) is 5.64. The van der Waals surface area contributed by atoms with Crippen LogP contribution in [-0.4, -0.2) is 34.4 Å². The third kappa shape index (κ3) is 5.70. The van der Waals surface area contributed by atoms with Crippen molar-refractivity contribution in [2.24, 2.45) is 0 Å². The van der Waals surface area contributed by atoms with Crippen molar-refractivity contribution in [3.05, 3.63) is 0 Å². The van der Waals surface area contributed by atoms with Gasteiger partial charge in [-0.3, -0.25) is 0 Å². The van der Waals surface area contributed by atoms with Gasteiger partial charge in [-0.1, -0.05) is 33.1 Å². The molecule has 0 rings (SSSR count). The van der Waals surface area contributed by atoms with E-state index in [0.29, 0.717) is 19.3 Å². The molecule has 0 aromatic rings. The highest BCUT2D eigenvalue weighted by Gasteiger charge is 2.25. The number of carbonyl (C=O) groups is 2. The van der Waals surface area contributed by atoms with Gasteiger partial charge in [0.05, 0.1) is 0 Å². The molecule has 5 nitrogen and oxygen atoms in total. The average Bonchev–Trinajstić information content (AvgIpc) is 2.24. The molecule has 0 radical (unpaired) electrons. The third-order valence-corrected chi connectivity index (χ3v) is 2.19. The van der Waals surface area contributed by atoms with Gasteiger partial charge in [0.15, 0.2) is 12.2 Å². The van der Waals surface area contributed by atoms with E-state index < -0.39 is 24.1 Å². The molecule has 0 aliphatic carbocycles. The normalized spacial score (nSPS) is 14.2. The summed E-state index contributed by atoms with van der Waals surface area (Å²) in [5.74, 6) is -2.01. The first-order valence-corrected chi connectivity index (χ1v) is 5.64. The Morgan fingerprint density at radius 1 is 1.19 bits per heavy atom. The molecule has 0 heterocycles.